The molecule has 0 spiro atoms. The number of fused-ring (bicyclic) bond motifs is 3. The number of hydrogen-bond acceptors (Lipinski definition) is 5. The van der Waals surface area contributed by atoms with Crippen LogP contribution in [0.15, 0.2) is 23.4 Å². The normalized spacial score (nSPS) is 30.4. The van der Waals surface area contributed by atoms with Crippen molar-refractivity contribution in [2.75, 3.05) is 13.4 Å². The van der Waals surface area contributed by atoms with Crippen LogP contribution < -0.4 is 14.8 Å². The van der Waals surface area contributed by atoms with Crippen LogP contribution in [0.25, 0.3) is 0 Å². The van der Waals surface area contributed by atoms with Crippen molar-refractivity contribution in [3.63, 3.8) is 0 Å². The molecular weight excluding hydrogens is 344 g/mol. The van der Waals surface area contributed by atoms with Gasteiger partial charge in [0.15, 0.2) is 18.1 Å². The molecule has 2 fully saturated rings. The smallest absolute Gasteiger partial charge is 0.261 e. The van der Waals surface area contributed by atoms with Gasteiger partial charge in [-0.05, 0) is 61.1 Å². The van der Waals surface area contributed by atoms with Crippen LogP contribution in [-0.4, -0.2) is 31.1 Å². The number of benzene rings is 1. The maximum Gasteiger partial charge on any atom is 0.261 e. The van der Waals surface area contributed by atoms with E-state index in [1.807, 2.05) is 25.1 Å². The molecule has 3 aliphatic rings. The minimum absolute atomic E-state index is 0.0699. The Hall–Kier alpha value is -2.24. The van der Waals surface area contributed by atoms with Crippen LogP contribution in [0.3, 0.4) is 0 Å². The largest absolute Gasteiger partial charge is 0.454 e. The van der Waals surface area contributed by atoms with E-state index in [2.05, 4.69) is 31.2 Å². The average Bonchev–Trinajstić information content (AvgIpc) is 3.23. The fourth-order valence-electron chi connectivity index (χ4n) is 5.02. The van der Waals surface area contributed by atoms with Crippen LogP contribution in [0, 0.1) is 16.7 Å². The maximum absolute atomic E-state index is 12.4. The van der Waals surface area contributed by atoms with Crippen LogP contribution in [0.5, 0.6) is 11.5 Å². The molecule has 3 atom stereocenters. The first-order chi connectivity index (χ1) is 12.8. The number of oxime groups is 1. The Bertz CT molecular complexity index is 788. The standard InChI is InChI=1S/C21H28N2O4/c1-13(14-5-6-16-17(9-14)26-12-25-16)23-27-11-19(24)22-18-10-15-7-8-21(18,4)20(15,2)3/h5-6,9,15,18H,7-8,10-12H2,1-4H3,(H,22,24)/t15-,18+,21-/m1/s1. The zero-order valence-corrected chi connectivity index (χ0v) is 16.5. The molecule has 1 aromatic carbocycles. The monoisotopic (exact) mass is 372 g/mol. The SMILES string of the molecule is CC(=NOCC(=O)N[C@H]1C[C@H]2CC[C@@]1(C)C2(C)C)c1ccc2c(c1)OCO2. The Kier molecular flexibility index (Phi) is 4.32. The Morgan fingerprint density at radius 2 is 2.07 bits per heavy atom. The molecule has 1 heterocycles. The van der Waals surface area contributed by atoms with Crippen LogP contribution in [0.2, 0.25) is 0 Å². The summed E-state index contributed by atoms with van der Waals surface area (Å²) in [5.74, 6) is 2.02. The summed E-state index contributed by atoms with van der Waals surface area (Å²) >= 11 is 0. The van der Waals surface area contributed by atoms with Gasteiger partial charge >= 0.3 is 0 Å². The molecule has 2 saturated carbocycles. The third kappa shape index (κ3) is 2.95. The number of rotatable bonds is 5. The molecule has 146 valence electrons. The van der Waals surface area contributed by atoms with E-state index < -0.39 is 0 Å². The van der Waals surface area contributed by atoms with Gasteiger partial charge in [0.1, 0.15) is 0 Å². The minimum atomic E-state index is -0.105. The minimum Gasteiger partial charge on any atom is -0.454 e. The second kappa shape index (κ2) is 6.43. The van der Waals surface area contributed by atoms with Crippen molar-refractivity contribution < 1.29 is 19.1 Å². The highest BCUT2D eigenvalue weighted by molar-refractivity contribution is 5.99. The first kappa shape index (κ1) is 18.1. The summed E-state index contributed by atoms with van der Waals surface area (Å²) < 4.78 is 10.7. The van der Waals surface area contributed by atoms with Crippen molar-refractivity contribution in [3.05, 3.63) is 23.8 Å². The van der Waals surface area contributed by atoms with E-state index in [0.29, 0.717) is 17.4 Å². The predicted octanol–water partition coefficient (Wildman–Crippen LogP) is 3.49. The van der Waals surface area contributed by atoms with E-state index in [1.165, 1.54) is 12.8 Å². The highest BCUT2D eigenvalue weighted by Gasteiger charge is 2.61. The van der Waals surface area contributed by atoms with Crippen molar-refractivity contribution in [3.8, 4) is 11.5 Å². The molecule has 6 nitrogen and oxygen atoms in total. The molecule has 0 aromatic heterocycles. The average molecular weight is 372 g/mol. The number of carbonyl (C=O) groups excluding carboxylic acids is 1. The van der Waals surface area contributed by atoms with E-state index in [4.69, 9.17) is 14.3 Å². The third-order valence-electron chi connectivity index (χ3n) is 7.32. The van der Waals surface area contributed by atoms with Crippen molar-refractivity contribution in [2.24, 2.45) is 21.9 Å². The van der Waals surface area contributed by atoms with Crippen molar-refractivity contribution in [1.29, 1.82) is 0 Å². The summed E-state index contributed by atoms with van der Waals surface area (Å²) in [6.07, 6.45) is 3.51. The molecular formula is C21H28N2O4. The first-order valence-corrected chi connectivity index (χ1v) is 9.67. The van der Waals surface area contributed by atoms with Crippen LogP contribution in [0.4, 0.5) is 0 Å². The molecule has 1 aliphatic heterocycles. The van der Waals surface area contributed by atoms with E-state index in [1.54, 1.807) is 0 Å². The maximum atomic E-state index is 12.4. The number of amides is 1. The van der Waals surface area contributed by atoms with Crippen LogP contribution >= 0.6 is 0 Å². The molecule has 6 heteroatoms. The number of carbonyl (C=O) groups is 1. The van der Waals surface area contributed by atoms with Gasteiger partial charge in [0, 0.05) is 11.6 Å². The van der Waals surface area contributed by atoms with E-state index in [-0.39, 0.29) is 36.2 Å². The van der Waals surface area contributed by atoms with E-state index in [9.17, 15) is 4.79 Å². The summed E-state index contributed by atoms with van der Waals surface area (Å²) in [5.41, 5.74) is 2.01. The van der Waals surface area contributed by atoms with Gasteiger partial charge < -0.3 is 19.6 Å². The molecule has 0 unspecified atom stereocenters. The molecule has 1 amide bonds. The summed E-state index contributed by atoms with van der Waals surface area (Å²) in [4.78, 5) is 17.7. The number of hydrogen-bond donors (Lipinski definition) is 1. The topological polar surface area (TPSA) is 69.2 Å². The predicted molar refractivity (Wildman–Crippen MR) is 102 cm³/mol. The third-order valence-corrected chi connectivity index (χ3v) is 7.32. The Morgan fingerprint density at radius 3 is 2.78 bits per heavy atom. The highest BCUT2D eigenvalue weighted by atomic mass is 16.7. The van der Waals surface area contributed by atoms with Gasteiger partial charge in [-0.25, -0.2) is 0 Å². The van der Waals surface area contributed by atoms with Gasteiger partial charge in [-0.1, -0.05) is 25.9 Å². The number of ether oxygens (including phenoxy) is 2. The van der Waals surface area contributed by atoms with Gasteiger partial charge in [0.05, 0.1) is 5.71 Å². The second-order valence-corrected chi connectivity index (χ2v) is 8.75. The van der Waals surface area contributed by atoms with Gasteiger partial charge in [-0.2, -0.15) is 0 Å². The molecule has 27 heavy (non-hydrogen) atoms. The lowest BCUT2D eigenvalue weighted by Crippen LogP contribution is -2.47. The van der Waals surface area contributed by atoms with Gasteiger partial charge in [0.25, 0.3) is 5.91 Å². The Morgan fingerprint density at radius 1 is 1.30 bits per heavy atom. The van der Waals surface area contributed by atoms with Crippen LogP contribution in [-0.2, 0) is 9.63 Å². The Balaban J connectivity index is 1.32. The lowest BCUT2D eigenvalue weighted by Gasteiger charge is -2.39. The van der Waals surface area contributed by atoms with E-state index >= 15 is 0 Å². The molecule has 2 aliphatic carbocycles. The molecule has 1 aromatic rings. The highest BCUT2D eigenvalue weighted by Crippen LogP contribution is 2.65. The lowest BCUT2D eigenvalue weighted by atomic mass is 9.69. The lowest BCUT2D eigenvalue weighted by molar-refractivity contribution is -0.127. The zero-order chi connectivity index (χ0) is 19.2. The fourth-order valence-corrected chi connectivity index (χ4v) is 5.02. The molecule has 4 rings (SSSR count). The molecule has 0 saturated heterocycles. The van der Waals surface area contributed by atoms with Crippen molar-refractivity contribution in [2.45, 2.75) is 53.0 Å². The van der Waals surface area contributed by atoms with E-state index in [0.717, 1.165) is 17.7 Å². The van der Waals surface area contributed by atoms with Crippen molar-refractivity contribution >= 4 is 11.6 Å². The van der Waals surface area contributed by atoms with Crippen LogP contribution in [0.1, 0.15) is 52.5 Å². The fraction of sp³-hybridized carbons (Fsp3) is 0.619. The number of nitrogens with one attached hydrogen (secondary N) is 1. The Labute approximate surface area is 160 Å². The van der Waals surface area contributed by atoms with Crippen molar-refractivity contribution in [1.82, 2.24) is 5.32 Å². The van der Waals surface area contributed by atoms with Gasteiger partial charge in [0.2, 0.25) is 6.79 Å². The quantitative estimate of drug-likeness (QED) is 0.635. The van der Waals surface area contributed by atoms with Gasteiger partial charge in [-0.3, -0.25) is 4.79 Å². The molecule has 0 radical (unpaired) electrons. The summed E-state index contributed by atoms with van der Waals surface area (Å²) in [6.45, 7) is 9.00. The zero-order valence-electron chi connectivity index (χ0n) is 16.5. The summed E-state index contributed by atoms with van der Waals surface area (Å²) in [5, 5.41) is 7.27. The summed E-state index contributed by atoms with van der Waals surface area (Å²) in [7, 11) is 0. The van der Waals surface area contributed by atoms with Gasteiger partial charge in [-0.15, -0.1) is 0 Å². The first-order valence-electron chi connectivity index (χ1n) is 9.67. The number of nitrogens with zero attached hydrogens (tertiary/aromatic N) is 1. The molecule has 2 bridgehead atoms. The second-order valence-electron chi connectivity index (χ2n) is 8.75. The molecule has 1 N–H and O–H groups in total. The summed E-state index contributed by atoms with van der Waals surface area (Å²) in [6, 6.07) is 5.83.